The van der Waals surface area contributed by atoms with Crippen LogP contribution in [0.3, 0.4) is 0 Å². The Balaban J connectivity index is 1.48. The minimum atomic E-state index is -0.648. The van der Waals surface area contributed by atoms with E-state index in [1.807, 2.05) is 38.9 Å². The van der Waals surface area contributed by atoms with Crippen LogP contribution in [0.2, 0.25) is 0 Å². The van der Waals surface area contributed by atoms with Gasteiger partial charge >= 0.3 is 0 Å². The van der Waals surface area contributed by atoms with E-state index in [4.69, 9.17) is 0 Å². The molecule has 1 aliphatic carbocycles. The van der Waals surface area contributed by atoms with E-state index in [-0.39, 0.29) is 35.8 Å². The van der Waals surface area contributed by atoms with Gasteiger partial charge in [-0.2, -0.15) is 5.10 Å². The molecule has 8 nitrogen and oxygen atoms in total. The summed E-state index contributed by atoms with van der Waals surface area (Å²) in [5, 5.41) is 14.3. The SMILES string of the molecule is CC(C)n1nccc1C1CN(C(=O)C2CC(O)C2)CC12CCCN(Cc1cccnc1)C2=O. The van der Waals surface area contributed by atoms with Crippen molar-refractivity contribution < 1.29 is 14.7 Å². The summed E-state index contributed by atoms with van der Waals surface area (Å²) >= 11 is 0. The Morgan fingerprint density at radius 2 is 2.09 bits per heavy atom. The Morgan fingerprint density at radius 1 is 1.27 bits per heavy atom. The van der Waals surface area contributed by atoms with E-state index in [2.05, 4.69) is 23.9 Å². The molecule has 2 unspecified atom stereocenters. The monoisotopic (exact) mass is 451 g/mol. The van der Waals surface area contributed by atoms with Gasteiger partial charge in [-0.05, 0) is 57.2 Å². The number of hydrogen-bond acceptors (Lipinski definition) is 5. The molecule has 8 heteroatoms. The third kappa shape index (κ3) is 3.84. The van der Waals surface area contributed by atoms with E-state index in [0.29, 0.717) is 39.0 Å². The average Bonchev–Trinajstić information content (AvgIpc) is 3.41. The van der Waals surface area contributed by atoms with Crippen LogP contribution in [-0.4, -0.2) is 67.2 Å². The smallest absolute Gasteiger partial charge is 0.231 e. The minimum Gasteiger partial charge on any atom is -0.393 e. The first kappa shape index (κ1) is 22.1. The standard InChI is InChI=1S/C25H33N5O3/c1-17(2)30-22(6-9-27-30)21-15-29(23(32)19-11-20(31)12-19)16-25(21)7-4-10-28(24(25)33)14-18-5-3-8-26-13-18/h3,5-6,8-9,13,17,19-21,31H,4,7,10-12,14-16H2,1-2H3. The first-order valence-electron chi connectivity index (χ1n) is 12.1. The maximum atomic E-state index is 14.1. The van der Waals surface area contributed by atoms with Gasteiger partial charge in [0.2, 0.25) is 11.8 Å². The fraction of sp³-hybridized carbons (Fsp3) is 0.600. The molecule has 2 aromatic rings. The molecule has 2 amide bonds. The van der Waals surface area contributed by atoms with Crippen LogP contribution in [0.15, 0.2) is 36.8 Å². The second kappa shape index (κ2) is 8.56. The number of rotatable bonds is 5. The first-order chi connectivity index (χ1) is 15.9. The van der Waals surface area contributed by atoms with E-state index < -0.39 is 5.41 Å². The van der Waals surface area contributed by atoms with Crippen LogP contribution < -0.4 is 0 Å². The maximum Gasteiger partial charge on any atom is 0.231 e. The van der Waals surface area contributed by atoms with Crippen molar-refractivity contribution in [2.45, 2.75) is 64.1 Å². The van der Waals surface area contributed by atoms with Gasteiger partial charge < -0.3 is 14.9 Å². The highest BCUT2D eigenvalue weighted by Gasteiger charge is 2.57. The number of aromatic nitrogens is 3. The molecule has 2 aromatic heterocycles. The van der Waals surface area contributed by atoms with Crippen molar-refractivity contribution in [3.63, 3.8) is 0 Å². The van der Waals surface area contributed by atoms with Crippen molar-refractivity contribution >= 4 is 11.8 Å². The number of piperidine rings is 1. The zero-order valence-electron chi connectivity index (χ0n) is 19.4. The second-order valence-corrected chi connectivity index (χ2v) is 10.2. The lowest BCUT2D eigenvalue weighted by atomic mass is 9.70. The molecule has 2 aliphatic heterocycles. The molecular formula is C25H33N5O3. The second-order valence-electron chi connectivity index (χ2n) is 10.2. The number of hydrogen-bond donors (Lipinski definition) is 1. The Labute approximate surface area is 194 Å². The van der Waals surface area contributed by atoms with Gasteiger partial charge in [-0.3, -0.25) is 19.3 Å². The molecule has 33 heavy (non-hydrogen) atoms. The number of nitrogens with zero attached hydrogens (tertiary/aromatic N) is 5. The van der Waals surface area contributed by atoms with Crippen molar-refractivity contribution in [3.8, 4) is 0 Å². The van der Waals surface area contributed by atoms with Crippen LogP contribution in [0.5, 0.6) is 0 Å². The zero-order valence-corrected chi connectivity index (χ0v) is 19.4. The number of aliphatic hydroxyl groups excluding tert-OH is 1. The molecule has 0 bridgehead atoms. The predicted molar refractivity (Wildman–Crippen MR) is 122 cm³/mol. The first-order valence-corrected chi connectivity index (χ1v) is 12.1. The summed E-state index contributed by atoms with van der Waals surface area (Å²) < 4.78 is 2.00. The van der Waals surface area contributed by atoms with Crippen molar-refractivity contribution in [3.05, 3.63) is 48.0 Å². The normalized spacial score (nSPS) is 29.7. The molecule has 1 saturated carbocycles. The highest BCUT2D eigenvalue weighted by molar-refractivity contribution is 5.88. The Bertz CT molecular complexity index is 1020. The van der Waals surface area contributed by atoms with E-state index in [0.717, 1.165) is 24.1 Å². The lowest BCUT2D eigenvalue weighted by molar-refractivity contribution is -0.149. The fourth-order valence-electron chi connectivity index (χ4n) is 5.98. The number of carbonyl (C=O) groups is 2. The zero-order chi connectivity index (χ0) is 23.2. The quantitative estimate of drug-likeness (QED) is 0.754. The van der Waals surface area contributed by atoms with Gasteiger partial charge in [-0.25, -0.2) is 0 Å². The van der Waals surface area contributed by atoms with Gasteiger partial charge in [-0.15, -0.1) is 0 Å². The molecule has 0 aromatic carbocycles. The van der Waals surface area contributed by atoms with E-state index in [1.165, 1.54) is 0 Å². The minimum absolute atomic E-state index is 0.0787. The van der Waals surface area contributed by atoms with Crippen LogP contribution >= 0.6 is 0 Å². The van der Waals surface area contributed by atoms with Crippen molar-refractivity contribution in [1.29, 1.82) is 0 Å². The summed E-state index contributed by atoms with van der Waals surface area (Å²) in [5.74, 6) is -0.0189. The van der Waals surface area contributed by atoms with E-state index >= 15 is 0 Å². The number of aliphatic hydroxyl groups is 1. The molecule has 0 radical (unpaired) electrons. The van der Waals surface area contributed by atoms with E-state index in [1.54, 1.807) is 12.4 Å². The fourth-order valence-corrected chi connectivity index (χ4v) is 5.98. The highest BCUT2D eigenvalue weighted by atomic mass is 16.3. The van der Waals surface area contributed by atoms with Gasteiger partial charge in [-0.1, -0.05) is 6.07 Å². The van der Waals surface area contributed by atoms with Crippen LogP contribution in [0, 0.1) is 11.3 Å². The number of pyridine rings is 1. The van der Waals surface area contributed by atoms with Gasteiger partial charge in [0.05, 0.1) is 11.5 Å². The van der Waals surface area contributed by atoms with Gasteiger partial charge in [0.25, 0.3) is 0 Å². The molecule has 4 heterocycles. The summed E-state index contributed by atoms with van der Waals surface area (Å²) in [7, 11) is 0. The predicted octanol–water partition coefficient (Wildman–Crippen LogP) is 2.36. The molecule has 1 spiro atoms. The van der Waals surface area contributed by atoms with Crippen LogP contribution in [0.25, 0.3) is 0 Å². The van der Waals surface area contributed by atoms with Crippen LogP contribution in [-0.2, 0) is 16.1 Å². The van der Waals surface area contributed by atoms with E-state index in [9.17, 15) is 14.7 Å². The summed E-state index contributed by atoms with van der Waals surface area (Å²) in [5.41, 5.74) is 1.40. The Hall–Kier alpha value is -2.74. The van der Waals surface area contributed by atoms with Crippen molar-refractivity contribution in [2.24, 2.45) is 11.3 Å². The summed E-state index contributed by atoms with van der Waals surface area (Å²) in [4.78, 5) is 35.4. The van der Waals surface area contributed by atoms with Crippen LogP contribution in [0.1, 0.15) is 62.7 Å². The van der Waals surface area contributed by atoms with Gasteiger partial charge in [0, 0.05) is 68.3 Å². The molecule has 3 fully saturated rings. The van der Waals surface area contributed by atoms with Gasteiger partial charge in [0.15, 0.2) is 0 Å². The molecule has 5 rings (SSSR count). The lowest BCUT2D eigenvalue weighted by Gasteiger charge is -2.42. The average molecular weight is 452 g/mol. The number of likely N-dealkylation sites (tertiary alicyclic amines) is 2. The highest BCUT2D eigenvalue weighted by Crippen LogP contribution is 2.50. The number of carbonyl (C=O) groups excluding carboxylic acids is 2. The molecule has 2 saturated heterocycles. The molecule has 176 valence electrons. The van der Waals surface area contributed by atoms with Crippen molar-refractivity contribution in [1.82, 2.24) is 24.6 Å². The van der Waals surface area contributed by atoms with Crippen LogP contribution in [0.4, 0.5) is 0 Å². The summed E-state index contributed by atoms with van der Waals surface area (Å²) in [6.45, 7) is 6.40. The topological polar surface area (TPSA) is 91.6 Å². The largest absolute Gasteiger partial charge is 0.393 e. The molecule has 1 N–H and O–H groups in total. The third-order valence-electron chi connectivity index (χ3n) is 7.72. The van der Waals surface area contributed by atoms with Crippen molar-refractivity contribution in [2.75, 3.05) is 19.6 Å². The summed E-state index contributed by atoms with van der Waals surface area (Å²) in [6.07, 6.45) is 7.70. The molecule has 3 aliphatic rings. The Kier molecular flexibility index (Phi) is 5.72. The summed E-state index contributed by atoms with van der Waals surface area (Å²) in [6, 6.07) is 6.08. The molecular weight excluding hydrogens is 418 g/mol. The lowest BCUT2D eigenvalue weighted by Crippen LogP contribution is -2.52. The number of amides is 2. The van der Waals surface area contributed by atoms with Gasteiger partial charge in [0.1, 0.15) is 0 Å². The Morgan fingerprint density at radius 3 is 2.79 bits per heavy atom. The molecule has 2 atom stereocenters. The third-order valence-corrected chi connectivity index (χ3v) is 7.72. The maximum absolute atomic E-state index is 14.1.